The maximum Gasteiger partial charge on any atom is 0.331 e. The monoisotopic (exact) mass is 195 g/mol. The van der Waals surface area contributed by atoms with Crippen LogP contribution in [0.5, 0.6) is 0 Å². The topological polar surface area (TPSA) is 92.7 Å². The molecule has 1 saturated carbocycles. The third kappa shape index (κ3) is 2.76. The molecular weight excluding hydrogens is 186 g/mol. The molecule has 0 aromatic carbocycles. The van der Waals surface area contributed by atoms with Gasteiger partial charge in [-0.1, -0.05) is 4.89 Å². The summed E-state index contributed by atoms with van der Waals surface area (Å²) in [4.78, 5) is 15.9. The van der Waals surface area contributed by atoms with Gasteiger partial charge in [0.1, 0.15) is 0 Å². The lowest BCUT2D eigenvalue weighted by molar-refractivity contribution is -0.143. The number of carbonyl (C=O) groups is 1. The normalized spacial score (nSPS) is 17.7. The van der Waals surface area contributed by atoms with Gasteiger partial charge in [0.25, 0.3) is 0 Å². The van der Waals surface area contributed by atoms with E-state index in [0.717, 1.165) is 0 Å². The Morgan fingerprint density at radius 2 is 2.17 bits per heavy atom. The molecule has 0 aromatic heterocycles. The minimum Gasteiger partial charge on any atom is -0.479 e. The number of carboxylic acids is 1. The summed E-state index contributed by atoms with van der Waals surface area (Å²) in [5, 5.41) is 7.71. The van der Waals surface area contributed by atoms with E-state index < -0.39 is 27.8 Å². The van der Waals surface area contributed by atoms with Crippen molar-refractivity contribution in [2.75, 3.05) is 6.61 Å². The summed E-state index contributed by atoms with van der Waals surface area (Å²) in [7, 11) is -3.42. The van der Waals surface area contributed by atoms with E-state index >= 15 is 0 Å². The van der Waals surface area contributed by atoms with Gasteiger partial charge < -0.3 is 5.11 Å². The predicted octanol–water partition coefficient (Wildman–Crippen LogP) is -0.916. The summed E-state index contributed by atoms with van der Waals surface area (Å²) in [6.07, 6.45) is 1.23. The van der Waals surface area contributed by atoms with Crippen LogP contribution in [0.4, 0.5) is 0 Å². The second-order valence-corrected chi connectivity index (χ2v) is 4.43. The highest BCUT2D eigenvalue weighted by Crippen LogP contribution is 2.27. The first-order valence-electron chi connectivity index (χ1n) is 3.36. The number of sulfonamides is 1. The number of carboxylic acid groups (broad SMARTS) is 1. The molecule has 0 spiro atoms. The van der Waals surface area contributed by atoms with Crippen molar-refractivity contribution in [1.82, 2.24) is 4.89 Å². The Labute approximate surface area is 69.5 Å². The van der Waals surface area contributed by atoms with Crippen LogP contribution in [-0.4, -0.2) is 31.4 Å². The minimum absolute atomic E-state index is 0.397. The first-order chi connectivity index (χ1) is 5.52. The molecule has 0 amide bonds. The summed E-state index contributed by atoms with van der Waals surface area (Å²) >= 11 is 0. The summed E-state index contributed by atoms with van der Waals surface area (Å²) < 4.78 is 21.9. The molecule has 1 aliphatic rings. The van der Waals surface area contributed by atoms with Crippen molar-refractivity contribution in [3.8, 4) is 0 Å². The Bertz CT molecular complexity index is 268. The Balaban J connectivity index is 2.26. The highest BCUT2D eigenvalue weighted by molar-refractivity contribution is 7.90. The zero-order valence-corrected chi connectivity index (χ0v) is 7.00. The van der Waals surface area contributed by atoms with Gasteiger partial charge in [0.05, 0.1) is 5.25 Å². The molecule has 1 aliphatic carbocycles. The maximum atomic E-state index is 10.9. The van der Waals surface area contributed by atoms with Gasteiger partial charge in [-0.2, -0.15) is 0 Å². The van der Waals surface area contributed by atoms with Gasteiger partial charge in [-0.05, 0) is 12.8 Å². The van der Waals surface area contributed by atoms with Gasteiger partial charge in [-0.15, -0.1) is 0 Å². The van der Waals surface area contributed by atoms with Gasteiger partial charge in [0.2, 0.25) is 10.0 Å². The number of hydrogen-bond donors (Lipinski definition) is 2. The first kappa shape index (κ1) is 9.43. The third-order valence-electron chi connectivity index (χ3n) is 1.33. The minimum atomic E-state index is -3.42. The van der Waals surface area contributed by atoms with E-state index in [1.165, 1.54) is 0 Å². The van der Waals surface area contributed by atoms with Crippen LogP contribution in [0.25, 0.3) is 0 Å². The van der Waals surface area contributed by atoms with Crippen molar-refractivity contribution in [3.63, 3.8) is 0 Å². The van der Waals surface area contributed by atoms with Gasteiger partial charge in [-0.25, -0.2) is 13.2 Å². The predicted molar refractivity (Wildman–Crippen MR) is 38.7 cm³/mol. The van der Waals surface area contributed by atoms with Crippen LogP contribution in [0.2, 0.25) is 0 Å². The van der Waals surface area contributed by atoms with E-state index in [1.54, 1.807) is 4.89 Å². The fourth-order valence-corrected chi connectivity index (χ4v) is 1.74. The van der Waals surface area contributed by atoms with Gasteiger partial charge >= 0.3 is 5.97 Å². The molecule has 0 atom stereocenters. The number of nitrogens with one attached hydrogen (secondary N) is 1. The molecule has 7 heteroatoms. The Morgan fingerprint density at radius 3 is 2.58 bits per heavy atom. The molecular formula is C5H9NO5S. The molecule has 0 bridgehead atoms. The summed E-state index contributed by atoms with van der Waals surface area (Å²) in [5.74, 6) is -1.21. The van der Waals surface area contributed by atoms with Gasteiger partial charge in [-0.3, -0.25) is 4.84 Å². The van der Waals surface area contributed by atoms with Crippen LogP contribution in [-0.2, 0) is 19.7 Å². The molecule has 0 radical (unpaired) electrons. The molecule has 70 valence electrons. The van der Waals surface area contributed by atoms with E-state index in [2.05, 4.69) is 4.84 Å². The fourth-order valence-electron chi connectivity index (χ4n) is 0.620. The van der Waals surface area contributed by atoms with Crippen molar-refractivity contribution in [3.05, 3.63) is 0 Å². The average Bonchev–Trinajstić information content (AvgIpc) is 2.65. The van der Waals surface area contributed by atoms with E-state index in [1.807, 2.05) is 0 Å². The molecule has 12 heavy (non-hydrogen) atoms. The van der Waals surface area contributed by atoms with E-state index in [0.29, 0.717) is 12.8 Å². The number of rotatable bonds is 5. The van der Waals surface area contributed by atoms with Crippen molar-refractivity contribution in [1.29, 1.82) is 0 Å². The van der Waals surface area contributed by atoms with Crippen molar-refractivity contribution in [2.45, 2.75) is 18.1 Å². The van der Waals surface area contributed by atoms with Crippen LogP contribution in [0.15, 0.2) is 0 Å². The molecule has 6 nitrogen and oxygen atoms in total. The van der Waals surface area contributed by atoms with Gasteiger partial charge in [0.15, 0.2) is 6.61 Å². The maximum absolute atomic E-state index is 10.9. The number of hydrogen-bond acceptors (Lipinski definition) is 4. The van der Waals surface area contributed by atoms with Crippen LogP contribution >= 0.6 is 0 Å². The molecule has 1 fully saturated rings. The van der Waals surface area contributed by atoms with Crippen LogP contribution in [0, 0.1) is 0 Å². The van der Waals surface area contributed by atoms with Crippen LogP contribution < -0.4 is 4.89 Å². The average molecular weight is 195 g/mol. The lowest BCUT2D eigenvalue weighted by Crippen LogP contribution is -2.29. The van der Waals surface area contributed by atoms with Crippen molar-refractivity contribution < 1.29 is 23.2 Å². The largest absolute Gasteiger partial charge is 0.479 e. The van der Waals surface area contributed by atoms with E-state index in [-0.39, 0.29) is 0 Å². The summed E-state index contributed by atoms with van der Waals surface area (Å²) in [6.45, 7) is -0.661. The zero-order chi connectivity index (χ0) is 9.19. The molecule has 0 saturated heterocycles. The van der Waals surface area contributed by atoms with Gasteiger partial charge in [0, 0.05) is 0 Å². The molecule has 1 rings (SSSR count). The smallest absolute Gasteiger partial charge is 0.331 e. The third-order valence-corrected chi connectivity index (χ3v) is 3.03. The van der Waals surface area contributed by atoms with Crippen molar-refractivity contribution in [2.24, 2.45) is 0 Å². The van der Waals surface area contributed by atoms with E-state index in [4.69, 9.17) is 5.11 Å². The van der Waals surface area contributed by atoms with E-state index in [9.17, 15) is 13.2 Å². The quantitative estimate of drug-likeness (QED) is 0.554. The second kappa shape index (κ2) is 3.38. The highest BCUT2D eigenvalue weighted by atomic mass is 32.2. The Hall–Kier alpha value is -0.660. The first-order valence-corrected chi connectivity index (χ1v) is 4.91. The SMILES string of the molecule is O=C(O)CONS(=O)(=O)C1CC1. The highest BCUT2D eigenvalue weighted by Gasteiger charge is 2.35. The molecule has 0 heterocycles. The Kier molecular flexibility index (Phi) is 2.65. The zero-order valence-electron chi connectivity index (χ0n) is 6.19. The Morgan fingerprint density at radius 1 is 1.58 bits per heavy atom. The second-order valence-electron chi connectivity index (χ2n) is 2.51. The number of aliphatic carboxylic acids is 1. The summed E-state index contributed by atoms with van der Waals surface area (Å²) in [5.41, 5.74) is 0. The van der Waals surface area contributed by atoms with Crippen LogP contribution in [0.3, 0.4) is 0 Å². The van der Waals surface area contributed by atoms with Crippen LogP contribution in [0.1, 0.15) is 12.8 Å². The molecule has 2 N–H and O–H groups in total. The standard InChI is InChI=1S/C5H9NO5S/c7-5(8)3-11-6-12(9,10)4-1-2-4/h4,6H,1-3H2,(H,7,8). The fraction of sp³-hybridized carbons (Fsp3) is 0.800. The van der Waals surface area contributed by atoms with Crippen molar-refractivity contribution >= 4 is 16.0 Å². The lowest BCUT2D eigenvalue weighted by Gasteiger charge is -2.02. The lowest BCUT2D eigenvalue weighted by atomic mass is 10.8. The molecule has 0 unspecified atom stereocenters. The molecule has 0 aliphatic heterocycles. The summed E-state index contributed by atoms with van der Waals surface area (Å²) in [6, 6.07) is 0. The molecule has 0 aromatic rings.